The van der Waals surface area contributed by atoms with Crippen LogP contribution in [0.1, 0.15) is 12.0 Å². The van der Waals surface area contributed by atoms with Gasteiger partial charge < -0.3 is 5.11 Å². The smallest absolute Gasteiger partial charge is 0.158 e. The van der Waals surface area contributed by atoms with Gasteiger partial charge in [0.05, 0.1) is 10.5 Å². The Hall–Kier alpha value is -1.07. The van der Waals surface area contributed by atoms with Crippen LogP contribution in [0.5, 0.6) is 5.75 Å². The molecule has 17 heavy (non-hydrogen) atoms. The molecule has 3 aliphatic heterocycles. The number of hydrogen-bond donors (Lipinski definition) is 1. The summed E-state index contributed by atoms with van der Waals surface area (Å²) in [7, 11) is -2.79. The second kappa shape index (κ2) is 3.71. The Labute approximate surface area is 101 Å². The lowest BCUT2D eigenvalue weighted by molar-refractivity contribution is 0.201. The Morgan fingerprint density at radius 1 is 1.29 bits per heavy atom. The van der Waals surface area contributed by atoms with Crippen molar-refractivity contribution in [2.45, 2.75) is 23.5 Å². The fraction of sp³-hybridized carbons (Fsp3) is 0.500. The third kappa shape index (κ3) is 1.83. The molecule has 1 N–H and O–H groups in total. The van der Waals surface area contributed by atoms with E-state index in [1.54, 1.807) is 12.1 Å². The van der Waals surface area contributed by atoms with Crippen LogP contribution < -0.4 is 0 Å². The standard InChI is InChI=1S/C12H15NO3S/c14-10-3-1-2-9(4-10)6-13-7-11-5-12(8-13)17(11,15)16/h1-4,11-12,14H,5-8H2. The van der Waals surface area contributed by atoms with Crippen LogP contribution in [0.2, 0.25) is 0 Å². The molecule has 3 heterocycles. The molecule has 4 rings (SSSR count). The van der Waals surface area contributed by atoms with Gasteiger partial charge >= 0.3 is 0 Å². The Morgan fingerprint density at radius 2 is 2.00 bits per heavy atom. The monoisotopic (exact) mass is 253 g/mol. The number of aromatic hydroxyl groups is 1. The van der Waals surface area contributed by atoms with Crippen LogP contribution in [0, 0.1) is 0 Å². The van der Waals surface area contributed by atoms with E-state index in [0.717, 1.165) is 18.5 Å². The third-order valence-electron chi connectivity index (χ3n) is 3.70. The zero-order valence-corrected chi connectivity index (χ0v) is 10.2. The van der Waals surface area contributed by atoms with E-state index >= 15 is 0 Å². The maximum atomic E-state index is 11.6. The molecular weight excluding hydrogens is 238 g/mol. The van der Waals surface area contributed by atoms with Crippen molar-refractivity contribution in [1.82, 2.24) is 4.90 Å². The van der Waals surface area contributed by atoms with Gasteiger partial charge in [0.15, 0.2) is 9.84 Å². The molecular formula is C12H15NO3S. The molecule has 5 heteroatoms. The van der Waals surface area contributed by atoms with Gasteiger partial charge in [-0.3, -0.25) is 4.90 Å². The topological polar surface area (TPSA) is 57.6 Å². The van der Waals surface area contributed by atoms with Crippen LogP contribution >= 0.6 is 0 Å². The number of fused-ring (bicyclic) bond motifs is 2. The molecule has 0 aromatic heterocycles. The zero-order valence-electron chi connectivity index (χ0n) is 9.41. The summed E-state index contributed by atoms with van der Waals surface area (Å²) in [6.45, 7) is 1.99. The van der Waals surface area contributed by atoms with E-state index < -0.39 is 9.84 Å². The molecule has 4 nitrogen and oxygen atoms in total. The molecule has 92 valence electrons. The van der Waals surface area contributed by atoms with Gasteiger partial charge in [-0.2, -0.15) is 0 Å². The van der Waals surface area contributed by atoms with E-state index in [2.05, 4.69) is 4.90 Å². The summed E-state index contributed by atoms with van der Waals surface area (Å²) in [5, 5.41) is 9.06. The van der Waals surface area contributed by atoms with Crippen molar-refractivity contribution >= 4 is 9.84 Å². The highest BCUT2D eigenvalue weighted by Gasteiger charge is 2.51. The molecule has 0 saturated carbocycles. The zero-order chi connectivity index (χ0) is 12.0. The fourth-order valence-electron chi connectivity index (χ4n) is 2.76. The van der Waals surface area contributed by atoms with Gasteiger partial charge in [0.25, 0.3) is 0 Å². The minimum Gasteiger partial charge on any atom is -0.508 e. The largest absolute Gasteiger partial charge is 0.508 e. The Bertz CT molecular complexity index is 522. The first-order chi connectivity index (χ1) is 8.05. The van der Waals surface area contributed by atoms with Crippen molar-refractivity contribution in [3.63, 3.8) is 0 Å². The summed E-state index contributed by atoms with van der Waals surface area (Å²) in [4.78, 5) is 2.16. The summed E-state index contributed by atoms with van der Waals surface area (Å²) >= 11 is 0. The molecule has 3 aliphatic rings. The predicted molar refractivity (Wildman–Crippen MR) is 64.5 cm³/mol. The second-order valence-corrected chi connectivity index (χ2v) is 7.44. The van der Waals surface area contributed by atoms with Crippen molar-refractivity contribution in [2.24, 2.45) is 0 Å². The first-order valence-electron chi connectivity index (χ1n) is 5.78. The minimum atomic E-state index is -2.79. The molecule has 0 spiro atoms. The predicted octanol–water partition coefficient (Wildman–Crippen LogP) is 0.763. The molecule has 3 saturated heterocycles. The van der Waals surface area contributed by atoms with E-state index in [-0.39, 0.29) is 16.2 Å². The minimum absolute atomic E-state index is 0.154. The van der Waals surface area contributed by atoms with Crippen molar-refractivity contribution < 1.29 is 13.5 Å². The van der Waals surface area contributed by atoms with Crippen LogP contribution in [0.25, 0.3) is 0 Å². The van der Waals surface area contributed by atoms with Gasteiger partial charge in [0.1, 0.15) is 5.75 Å². The van der Waals surface area contributed by atoms with Crippen molar-refractivity contribution in [3.8, 4) is 5.75 Å². The molecule has 1 aromatic carbocycles. The molecule has 2 bridgehead atoms. The molecule has 2 unspecified atom stereocenters. The van der Waals surface area contributed by atoms with E-state index in [4.69, 9.17) is 0 Å². The third-order valence-corrected chi connectivity index (χ3v) is 6.24. The van der Waals surface area contributed by atoms with E-state index in [1.165, 1.54) is 0 Å². The summed E-state index contributed by atoms with van der Waals surface area (Å²) in [6.07, 6.45) is 0.832. The van der Waals surface area contributed by atoms with Gasteiger partial charge in [-0.25, -0.2) is 8.42 Å². The number of phenolic OH excluding ortho intramolecular Hbond substituents is 1. The summed E-state index contributed by atoms with van der Waals surface area (Å²) in [6, 6.07) is 7.14. The summed E-state index contributed by atoms with van der Waals surface area (Å²) in [5.74, 6) is 0.261. The van der Waals surface area contributed by atoms with Gasteiger partial charge in [0, 0.05) is 19.6 Å². The number of sulfone groups is 1. The number of benzene rings is 1. The van der Waals surface area contributed by atoms with Gasteiger partial charge in [-0.05, 0) is 24.1 Å². The number of rotatable bonds is 2. The quantitative estimate of drug-likeness (QED) is 0.845. The number of piperidine rings is 1. The van der Waals surface area contributed by atoms with Crippen molar-refractivity contribution in [2.75, 3.05) is 13.1 Å². The van der Waals surface area contributed by atoms with E-state index in [9.17, 15) is 13.5 Å². The van der Waals surface area contributed by atoms with Crippen LogP contribution in [-0.2, 0) is 16.4 Å². The summed E-state index contributed by atoms with van der Waals surface area (Å²) < 4.78 is 23.2. The highest BCUT2D eigenvalue weighted by Crippen LogP contribution is 2.35. The lowest BCUT2D eigenvalue weighted by Crippen LogP contribution is -2.61. The second-order valence-electron chi connectivity index (χ2n) is 4.93. The van der Waals surface area contributed by atoms with Crippen molar-refractivity contribution in [3.05, 3.63) is 29.8 Å². The first-order valence-corrected chi connectivity index (χ1v) is 7.39. The Morgan fingerprint density at radius 3 is 2.59 bits per heavy atom. The molecule has 1 aromatic rings. The van der Waals surface area contributed by atoms with Gasteiger partial charge in [0.2, 0.25) is 0 Å². The average Bonchev–Trinajstić information content (AvgIpc) is 2.29. The SMILES string of the molecule is O=S1(=O)C2CC1CN(Cc1cccc(O)c1)C2. The lowest BCUT2D eigenvalue weighted by Gasteiger charge is -2.46. The van der Waals surface area contributed by atoms with Crippen LogP contribution in [-0.4, -0.2) is 42.0 Å². The Kier molecular flexibility index (Phi) is 2.41. The average molecular weight is 253 g/mol. The molecule has 0 amide bonds. The van der Waals surface area contributed by atoms with E-state index in [1.807, 2.05) is 12.1 Å². The molecule has 0 radical (unpaired) electrons. The van der Waals surface area contributed by atoms with Crippen LogP contribution in [0.3, 0.4) is 0 Å². The highest BCUT2D eigenvalue weighted by molar-refractivity contribution is 7.94. The number of hydrogen-bond acceptors (Lipinski definition) is 4. The lowest BCUT2D eigenvalue weighted by atomic mass is 10.1. The van der Waals surface area contributed by atoms with Crippen LogP contribution in [0.4, 0.5) is 0 Å². The molecule has 3 fully saturated rings. The molecule has 0 aliphatic carbocycles. The molecule has 2 atom stereocenters. The highest BCUT2D eigenvalue weighted by atomic mass is 32.2. The van der Waals surface area contributed by atoms with E-state index in [0.29, 0.717) is 13.1 Å². The number of nitrogens with zero attached hydrogens (tertiary/aromatic N) is 1. The van der Waals surface area contributed by atoms with Crippen molar-refractivity contribution in [1.29, 1.82) is 0 Å². The normalized spacial score (nSPS) is 30.8. The maximum absolute atomic E-state index is 11.6. The van der Waals surface area contributed by atoms with Gasteiger partial charge in [-0.1, -0.05) is 12.1 Å². The number of phenols is 1. The van der Waals surface area contributed by atoms with Crippen LogP contribution in [0.15, 0.2) is 24.3 Å². The van der Waals surface area contributed by atoms with Gasteiger partial charge in [-0.15, -0.1) is 0 Å². The Balaban J connectivity index is 1.69. The fourth-order valence-corrected chi connectivity index (χ4v) is 4.79. The maximum Gasteiger partial charge on any atom is 0.158 e. The first kappa shape index (κ1) is 11.0. The summed E-state index contributed by atoms with van der Waals surface area (Å²) in [5.41, 5.74) is 1.03.